The van der Waals surface area contributed by atoms with E-state index in [0.717, 1.165) is 12.1 Å². The molecule has 0 aliphatic carbocycles. The third-order valence-electron chi connectivity index (χ3n) is 2.70. The molecule has 16 heavy (non-hydrogen) atoms. The van der Waals surface area contributed by atoms with Crippen LogP contribution < -0.4 is 5.32 Å². The van der Waals surface area contributed by atoms with Crippen LogP contribution in [0.3, 0.4) is 0 Å². The predicted molar refractivity (Wildman–Crippen MR) is 57.2 cm³/mol. The van der Waals surface area contributed by atoms with E-state index in [1.807, 2.05) is 0 Å². The van der Waals surface area contributed by atoms with Gasteiger partial charge in [-0.15, -0.1) is 0 Å². The molecule has 0 bridgehead atoms. The van der Waals surface area contributed by atoms with Crippen molar-refractivity contribution in [3.63, 3.8) is 0 Å². The molecule has 1 aromatic carbocycles. The number of hydrogen-bond donors (Lipinski definition) is 2. The van der Waals surface area contributed by atoms with E-state index in [1.165, 1.54) is 17.2 Å². The Morgan fingerprint density at radius 3 is 2.69 bits per heavy atom. The summed E-state index contributed by atoms with van der Waals surface area (Å²) < 4.78 is 0. The van der Waals surface area contributed by atoms with Gasteiger partial charge in [0, 0.05) is 31.8 Å². The highest BCUT2D eigenvalue weighted by Gasteiger charge is 2.22. The Bertz CT molecular complexity index is 379. The number of rotatable bonds is 2. The topological polar surface area (TPSA) is 78.6 Å². The van der Waals surface area contributed by atoms with Gasteiger partial charge in [-0.3, -0.25) is 10.1 Å². The molecule has 1 saturated heterocycles. The highest BCUT2D eigenvalue weighted by Crippen LogP contribution is 2.22. The lowest BCUT2D eigenvalue weighted by atomic mass is 10.0. The van der Waals surface area contributed by atoms with Gasteiger partial charge in [0.25, 0.3) is 5.69 Å². The van der Waals surface area contributed by atoms with E-state index in [0.29, 0.717) is 13.1 Å². The molecule has 86 valence electrons. The lowest BCUT2D eigenvalue weighted by Crippen LogP contribution is -2.44. The maximum atomic E-state index is 10.5. The molecule has 2 rings (SSSR count). The van der Waals surface area contributed by atoms with E-state index in [4.69, 9.17) is 0 Å². The first-order valence-corrected chi connectivity index (χ1v) is 5.09. The first-order chi connectivity index (χ1) is 7.68. The average Bonchev–Trinajstić information content (AvgIpc) is 2.30. The number of nitrogens with one attached hydrogen (secondary N) is 1. The van der Waals surface area contributed by atoms with Crippen molar-refractivity contribution in [2.75, 3.05) is 19.6 Å². The van der Waals surface area contributed by atoms with Crippen molar-refractivity contribution in [1.29, 1.82) is 0 Å². The fraction of sp³-hybridized carbons (Fsp3) is 0.400. The van der Waals surface area contributed by atoms with Crippen molar-refractivity contribution in [3.05, 3.63) is 39.9 Å². The summed E-state index contributed by atoms with van der Waals surface area (Å²) >= 11 is 0. The first kappa shape index (κ1) is 11.0. The zero-order chi connectivity index (χ0) is 11.5. The summed E-state index contributed by atoms with van der Waals surface area (Å²) in [6.45, 7) is 1.95. The smallest absolute Gasteiger partial charge is 0.269 e. The second-order valence-electron chi connectivity index (χ2n) is 3.73. The highest BCUT2D eigenvalue weighted by molar-refractivity contribution is 5.34. The molecule has 1 heterocycles. The zero-order valence-corrected chi connectivity index (χ0v) is 8.67. The normalized spacial score (nSPS) is 21.9. The standard InChI is InChI=1S/C10H13N3O3/c14-12-6-5-11-7-10(12)8-1-3-9(4-2-8)13(15)16/h1-4,10-11,14H,5-7H2. The number of hydrogen-bond acceptors (Lipinski definition) is 5. The molecule has 0 amide bonds. The van der Waals surface area contributed by atoms with Gasteiger partial charge in [0.15, 0.2) is 0 Å². The molecule has 6 nitrogen and oxygen atoms in total. The van der Waals surface area contributed by atoms with E-state index in [-0.39, 0.29) is 11.7 Å². The summed E-state index contributed by atoms with van der Waals surface area (Å²) in [7, 11) is 0. The summed E-state index contributed by atoms with van der Waals surface area (Å²) in [4.78, 5) is 10.1. The lowest BCUT2D eigenvalue weighted by molar-refractivity contribution is -0.384. The minimum atomic E-state index is -0.431. The van der Waals surface area contributed by atoms with Crippen LogP contribution in [0.5, 0.6) is 0 Å². The second kappa shape index (κ2) is 4.56. The van der Waals surface area contributed by atoms with Gasteiger partial charge in [-0.1, -0.05) is 12.1 Å². The van der Waals surface area contributed by atoms with Gasteiger partial charge in [-0.05, 0) is 5.56 Å². The molecular weight excluding hydrogens is 210 g/mol. The Labute approximate surface area is 92.6 Å². The quantitative estimate of drug-likeness (QED) is 0.576. The van der Waals surface area contributed by atoms with Gasteiger partial charge in [0.2, 0.25) is 0 Å². The fourth-order valence-electron chi connectivity index (χ4n) is 1.80. The average molecular weight is 223 g/mol. The van der Waals surface area contributed by atoms with Crippen LogP contribution in [0.4, 0.5) is 5.69 Å². The number of nitro groups is 1. The summed E-state index contributed by atoms with van der Waals surface area (Å²) in [6.07, 6.45) is 0. The van der Waals surface area contributed by atoms with Gasteiger partial charge >= 0.3 is 0 Å². The van der Waals surface area contributed by atoms with Crippen molar-refractivity contribution in [2.45, 2.75) is 6.04 Å². The SMILES string of the molecule is O=[N+]([O-])c1ccc(C2CNCCN2O)cc1. The van der Waals surface area contributed by atoms with Gasteiger partial charge < -0.3 is 10.5 Å². The van der Waals surface area contributed by atoms with E-state index in [2.05, 4.69) is 5.32 Å². The van der Waals surface area contributed by atoms with Crippen LogP contribution in [0, 0.1) is 10.1 Å². The molecule has 1 aliphatic heterocycles. The molecule has 1 atom stereocenters. The van der Waals surface area contributed by atoms with Crippen molar-refractivity contribution in [3.8, 4) is 0 Å². The molecule has 0 saturated carbocycles. The predicted octanol–water partition coefficient (Wildman–Crippen LogP) is 0.930. The molecule has 0 aromatic heterocycles. The molecule has 2 N–H and O–H groups in total. The summed E-state index contributed by atoms with van der Waals surface area (Å²) in [5.74, 6) is 0. The first-order valence-electron chi connectivity index (χ1n) is 5.09. The molecule has 1 fully saturated rings. The number of piperazine rings is 1. The summed E-state index contributed by atoms with van der Waals surface area (Å²) in [5, 5.41) is 24.6. The highest BCUT2D eigenvalue weighted by atomic mass is 16.6. The van der Waals surface area contributed by atoms with E-state index in [1.54, 1.807) is 12.1 Å². The van der Waals surface area contributed by atoms with Crippen LogP contribution >= 0.6 is 0 Å². The number of non-ortho nitro benzene ring substituents is 1. The van der Waals surface area contributed by atoms with Gasteiger partial charge in [0.05, 0.1) is 11.0 Å². The van der Waals surface area contributed by atoms with E-state index >= 15 is 0 Å². The van der Waals surface area contributed by atoms with Crippen LogP contribution in [-0.4, -0.2) is 34.8 Å². The van der Waals surface area contributed by atoms with Crippen molar-refractivity contribution in [1.82, 2.24) is 10.4 Å². The maximum absolute atomic E-state index is 10.5. The second-order valence-corrected chi connectivity index (χ2v) is 3.73. The minimum absolute atomic E-state index is 0.0667. The third-order valence-corrected chi connectivity index (χ3v) is 2.70. The number of hydroxylamine groups is 2. The molecule has 1 aliphatic rings. The fourth-order valence-corrected chi connectivity index (χ4v) is 1.80. The van der Waals surface area contributed by atoms with Crippen molar-refractivity contribution in [2.24, 2.45) is 0 Å². The van der Waals surface area contributed by atoms with Crippen LogP contribution in [0.2, 0.25) is 0 Å². The lowest BCUT2D eigenvalue weighted by Gasteiger charge is -2.31. The van der Waals surface area contributed by atoms with Crippen LogP contribution in [0.25, 0.3) is 0 Å². The number of nitro benzene ring substituents is 1. The van der Waals surface area contributed by atoms with Crippen molar-refractivity contribution < 1.29 is 10.1 Å². The van der Waals surface area contributed by atoms with Crippen LogP contribution in [-0.2, 0) is 0 Å². The number of benzene rings is 1. The van der Waals surface area contributed by atoms with E-state index in [9.17, 15) is 15.3 Å². The molecule has 0 radical (unpaired) electrons. The van der Waals surface area contributed by atoms with Gasteiger partial charge in [-0.25, -0.2) is 0 Å². The largest absolute Gasteiger partial charge is 0.313 e. The molecule has 1 unspecified atom stereocenters. The Morgan fingerprint density at radius 2 is 2.12 bits per heavy atom. The monoisotopic (exact) mass is 223 g/mol. The summed E-state index contributed by atoms with van der Waals surface area (Å²) in [6, 6.07) is 6.14. The van der Waals surface area contributed by atoms with E-state index < -0.39 is 4.92 Å². The minimum Gasteiger partial charge on any atom is -0.313 e. The third kappa shape index (κ3) is 2.19. The Hall–Kier alpha value is -1.50. The molecule has 1 aromatic rings. The van der Waals surface area contributed by atoms with Crippen LogP contribution in [0.1, 0.15) is 11.6 Å². The Balaban J connectivity index is 2.17. The van der Waals surface area contributed by atoms with Crippen LogP contribution in [0.15, 0.2) is 24.3 Å². The molecular formula is C10H13N3O3. The Morgan fingerprint density at radius 1 is 1.44 bits per heavy atom. The molecule has 0 spiro atoms. The van der Waals surface area contributed by atoms with Crippen molar-refractivity contribution >= 4 is 5.69 Å². The summed E-state index contributed by atoms with van der Waals surface area (Å²) in [5.41, 5.74) is 0.942. The zero-order valence-electron chi connectivity index (χ0n) is 8.67. The van der Waals surface area contributed by atoms with Gasteiger partial charge in [-0.2, -0.15) is 5.06 Å². The maximum Gasteiger partial charge on any atom is 0.269 e. The van der Waals surface area contributed by atoms with Gasteiger partial charge in [0.1, 0.15) is 0 Å². The molecule has 6 heteroatoms. The Kier molecular flexibility index (Phi) is 3.14. The number of nitrogens with zero attached hydrogens (tertiary/aromatic N) is 2.